The molecule has 0 radical (unpaired) electrons. The van der Waals surface area contributed by atoms with Crippen LogP contribution in [-0.2, 0) is 4.74 Å². The molecule has 1 aliphatic heterocycles. The van der Waals surface area contributed by atoms with E-state index < -0.39 is 0 Å². The Morgan fingerprint density at radius 3 is 2.95 bits per heavy atom. The highest BCUT2D eigenvalue weighted by molar-refractivity contribution is 8.00. The lowest BCUT2D eigenvalue weighted by molar-refractivity contribution is 0.0460. The number of hydrogen-bond donors (Lipinski definition) is 0. The second-order valence-electron chi connectivity index (χ2n) is 4.83. The number of hydrogen-bond acceptors (Lipinski definition) is 4. The van der Waals surface area contributed by atoms with Crippen LogP contribution in [0.1, 0.15) is 16.1 Å². The van der Waals surface area contributed by atoms with E-state index in [1.807, 2.05) is 43.0 Å². The minimum Gasteiger partial charge on any atom is -0.462 e. The van der Waals surface area contributed by atoms with Crippen LogP contribution in [0.5, 0.6) is 0 Å². The number of nitrogens with zero attached hydrogens (tertiary/aromatic N) is 1. The van der Waals surface area contributed by atoms with Crippen molar-refractivity contribution in [3.63, 3.8) is 0 Å². The number of para-hydroxylation sites is 1. The average molecular weight is 273 g/mol. The SMILES string of the molecule is Cc1cc(C(=O)OCC2CSC2)c2ccccc2n1. The van der Waals surface area contributed by atoms with Gasteiger partial charge in [0.15, 0.2) is 0 Å². The highest BCUT2D eigenvalue weighted by Gasteiger charge is 2.21. The van der Waals surface area contributed by atoms with Crippen molar-refractivity contribution in [3.05, 3.63) is 41.6 Å². The van der Waals surface area contributed by atoms with Gasteiger partial charge in [-0.25, -0.2) is 4.79 Å². The molecule has 3 nitrogen and oxygen atoms in total. The normalized spacial score (nSPS) is 15.2. The van der Waals surface area contributed by atoms with Crippen LogP contribution in [0.4, 0.5) is 0 Å². The van der Waals surface area contributed by atoms with Crippen molar-refractivity contribution < 1.29 is 9.53 Å². The van der Waals surface area contributed by atoms with E-state index in [1.165, 1.54) is 0 Å². The first-order valence-electron chi connectivity index (χ1n) is 6.35. The van der Waals surface area contributed by atoms with Gasteiger partial charge in [0.05, 0.1) is 17.7 Å². The number of benzene rings is 1. The molecule has 0 atom stereocenters. The Labute approximate surface area is 116 Å². The molecule has 0 amide bonds. The number of pyridine rings is 1. The molecular weight excluding hydrogens is 258 g/mol. The zero-order valence-electron chi connectivity index (χ0n) is 10.8. The Hall–Kier alpha value is -1.55. The first-order valence-corrected chi connectivity index (χ1v) is 7.51. The Balaban J connectivity index is 1.87. The van der Waals surface area contributed by atoms with Crippen molar-refractivity contribution in [1.82, 2.24) is 4.98 Å². The largest absolute Gasteiger partial charge is 0.462 e. The van der Waals surface area contributed by atoms with Crippen LogP contribution in [-0.4, -0.2) is 29.1 Å². The molecule has 2 aromatic rings. The quantitative estimate of drug-likeness (QED) is 0.806. The second-order valence-corrected chi connectivity index (χ2v) is 5.91. The van der Waals surface area contributed by atoms with Crippen LogP contribution < -0.4 is 0 Å². The van der Waals surface area contributed by atoms with E-state index >= 15 is 0 Å². The molecule has 0 N–H and O–H groups in total. The molecule has 0 bridgehead atoms. The monoisotopic (exact) mass is 273 g/mol. The molecule has 1 fully saturated rings. The summed E-state index contributed by atoms with van der Waals surface area (Å²) in [6, 6.07) is 9.48. The standard InChI is InChI=1S/C15H15NO2S/c1-10-6-13(12-4-2-3-5-14(12)16-10)15(17)18-7-11-8-19-9-11/h2-6,11H,7-9H2,1H3. The molecule has 1 aliphatic rings. The highest BCUT2D eigenvalue weighted by atomic mass is 32.2. The van der Waals surface area contributed by atoms with Gasteiger partial charge in [-0.3, -0.25) is 4.98 Å². The molecule has 19 heavy (non-hydrogen) atoms. The number of thioether (sulfide) groups is 1. The van der Waals surface area contributed by atoms with Gasteiger partial charge in [-0.05, 0) is 19.1 Å². The van der Waals surface area contributed by atoms with Gasteiger partial charge in [-0.2, -0.15) is 11.8 Å². The number of carbonyl (C=O) groups excluding carboxylic acids is 1. The van der Waals surface area contributed by atoms with Crippen LogP contribution >= 0.6 is 11.8 Å². The fourth-order valence-electron chi connectivity index (χ4n) is 2.13. The molecular formula is C15H15NO2S. The summed E-state index contributed by atoms with van der Waals surface area (Å²) in [7, 11) is 0. The fraction of sp³-hybridized carbons (Fsp3) is 0.333. The van der Waals surface area contributed by atoms with Crippen molar-refractivity contribution in [3.8, 4) is 0 Å². The first-order chi connectivity index (χ1) is 9.24. The van der Waals surface area contributed by atoms with E-state index in [-0.39, 0.29) is 5.97 Å². The van der Waals surface area contributed by atoms with Crippen LogP contribution in [0, 0.1) is 12.8 Å². The third-order valence-corrected chi connectivity index (χ3v) is 4.64. The number of esters is 1. The van der Waals surface area contributed by atoms with Crippen molar-refractivity contribution in [1.29, 1.82) is 0 Å². The van der Waals surface area contributed by atoms with E-state index in [1.54, 1.807) is 6.07 Å². The van der Waals surface area contributed by atoms with Gasteiger partial charge in [0.25, 0.3) is 0 Å². The van der Waals surface area contributed by atoms with Crippen molar-refractivity contribution in [2.24, 2.45) is 5.92 Å². The summed E-state index contributed by atoms with van der Waals surface area (Å²) in [6.07, 6.45) is 0. The topological polar surface area (TPSA) is 39.2 Å². The summed E-state index contributed by atoms with van der Waals surface area (Å²) < 4.78 is 5.42. The van der Waals surface area contributed by atoms with E-state index in [0.29, 0.717) is 18.1 Å². The second kappa shape index (κ2) is 5.21. The van der Waals surface area contributed by atoms with Crippen molar-refractivity contribution in [2.45, 2.75) is 6.92 Å². The fourth-order valence-corrected chi connectivity index (χ4v) is 2.89. The van der Waals surface area contributed by atoms with Crippen LogP contribution in [0.2, 0.25) is 0 Å². The molecule has 1 saturated heterocycles. The predicted octanol–water partition coefficient (Wildman–Crippen LogP) is 3.06. The van der Waals surface area contributed by atoms with Gasteiger partial charge in [0.1, 0.15) is 0 Å². The zero-order valence-corrected chi connectivity index (χ0v) is 11.6. The Morgan fingerprint density at radius 1 is 1.42 bits per heavy atom. The smallest absolute Gasteiger partial charge is 0.338 e. The van der Waals surface area contributed by atoms with Crippen molar-refractivity contribution in [2.75, 3.05) is 18.1 Å². The van der Waals surface area contributed by atoms with Crippen LogP contribution in [0.25, 0.3) is 10.9 Å². The molecule has 2 heterocycles. The molecule has 0 aliphatic carbocycles. The van der Waals surface area contributed by atoms with E-state index in [4.69, 9.17) is 4.74 Å². The first kappa shape index (κ1) is 12.5. The van der Waals surface area contributed by atoms with Crippen LogP contribution in [0.3, 0.4) is 0 Å². The third kappa shape index (κ3) is 2.59. The number of carbonyl (C=O) groups is 1. The number of rotatable bonds is 3. The van der Waals surface area contributed by atoms with E-state index in [9.17, 15) is 4.79 Å². The number of fused-ring (bicyclic) bond motifs is 1. The van der Waals surface area contributed by atoms with Gasteiger partial charge < -0.3 is 4.74 Å². The Bertz CT molecular complexity index is 623. The van der Waals surface area contributed by atoms with Crippen LogP contribution in [0.15, 0.2) is 30.3 Å². The molecule has 1 aromatic carbocycles. The predicted molar refractivity (Wildman–Crippen MR) is 77.6 cm³/mol. The number of aryl methyl sites for hydroxylation is 1. The molecule has 98 valence electrons. The van der Waals surface area contributed by atoms with E-state index in [0.717, 1.165) is 28.1 Å². The lowest BCUT2D eigenvalue weighted by atomic mass is 10.1. The van der Waals surface area contributed by atoms with Crippen molar-refractivity contribution >= 4 is 28.6 Å². The van der Waals surface area contributed by atoms with Gasteiger partial charge >= 0.3 is 5.97 Å². The van der Waals surface area contributed by atoms with Gasteiger partial charge in [0.2, 0.25) is 0 Å². The maximum Gasteiger partial charge on any atom is 0.338 e. The van der Waals surface area contributed by atoms with Gasteiger partial charge in [-0.15, -0.1) is 0 Å². The Kier molecular flexibility index (Phi) is 3.42. The summed E-state index contributed by atoms with van der Waals surface area (Å²) in [5, 5.41) is 0.862. The molecule has 4 heteroatoms. The maximum absolute atomic E-state index is 12.2. The van der Waals surface area contributed by atoms with Gasteiger partial charge in [0, 0.05) is 28.5 Å². The molecule has 1 aromatic heterocycles. The maximum atomic E-state index is 12.2. The molecule has 0 spiro atoms. The summed E-state index contributed by atoms with van der Waals surface area (Å²) in [4.78, 5) is 16.6. The van der Waals surface area contributed by atoms with Gasteiger partial charge in [-0.1, -0.05) is 18.2 Å². The summed E-state index contributed by atoms with van der Waals surface area (Å²) >= 11 is 1.90. The summed E-state index contributed by atoms with van der Waals surface area (Å²) in [5.41, 5.74) is 2.30. The summed E-state index contributed by atoms with van der Waals surface area (Å²) in [6.45, 7) is 2.42. The highest BCUT2D eigenvalue weighted by Crippen LogP contribution is 2.25. The molecule has 3 rings (SSSR count). The summed E-state index contributed by atoms with van der Waals surface area (Å²) in [5.74, 6) is 2.49. The third-order valence-electron chi connectivity index (χ3n) is 3.22. The lowest BCUT2D eigenvalue weighted by Gasteiger charge is -2.24. The average Bonchev–Trinajstić information content (AvgIpc) is 2.35. The minimum atomic E-state index is -0.237. The lowest BCUT2D eigenvalue weighted by Crippen LogP contribution is -2.25. The minimum absolute atomic E-state index is 0.237. The Morgan fingerprint density at radius 2 is 2.21 bits per heavy atom. The number of aromatic nitrogens is 1. The number of ether oxygens (including phenoxy) is 1. The molecule has 0 unspecified atom stereocenters. The molecule has 0 saturated carbocycles. The zero-order chi connectivity index (χ0) is 13.2. The van der Waals surface area contributed by atoms with E-state index in [2.05, 4.69) is 4.98 Å².